The maximum absolute atomic E-state index is 12.3. The number of ether oxygens (including phenoxy) is 1. The highest BCUT2D eigenvalue weighted by molar-refractivity contribution is 6.21. The molecule has 1 heterocycles. The average molecular weight is 311 g/mol. The molecule has 116 valence electrons. The van der Waals surface area contributed by atoms with Crippen LogP contribution in [0.1, 0.15) is 36.6 Å². The third-order valence-electron chi connectivity index (χ3n) is 3.47. The van der Waals surface area contributed by atoms with Crippen molar-refractivity contribution in [3.05, 3.63) is 70.8 Å². The van der Waals surface area contributed by atoms with Crippen molar-refractivity contribution in [2.24, 2.45) is 0 Å². The summed E-state index contributed by atoms with van der Waals surface area (Å²) in [5.74, 6) is -2.08. The lowest BCUT2D eigenvalue weighted by Gasteiger charge is -2.14. The van der Waals surface area contributed by atoms with Crippen LogP contribution in [-0.4, -0.2) is 30.0 Å². The zero-order valence-corrected chi connectivity index (χ0v) is 12.3. The third kappa shape index (κ3) is 2.60. The Morgan fingerprint density at radius 2 is 1.52 bits per heavy atom. The van der Waals surface area contributed by atoms with Crippen molar-refractivity contribution in [3.8, 4) is 0 Å². The van der Waals surface area contributed by atoms with Gasteiger partial charge in [-0.25, -0.2) is 4.79 Å². The molecule has 0 spiro atoms. The minimum absolute atomic E-state index is 0.216. The number of hydrogen-bond donors (Lipinski definition) is 0. The first-order valence-corrected chi connectivity index (χ1v) is 6.90. The standard InChI is InChI=1S/C17H13NO5/c1-22-10-11-6-2-3-7-12(11)17(21)23-18-15(19)13-8-4-5-9-14(13)16(18)20/h2-9H,10H2,1H3. The molecular weight excluding hydrogens is 298 g/mol. The Morgan fingerprint density at radius 1 is 0.957 bits per heavy atom. The van der Waals surface area contributed by atoms with Gasteiger partial charge in [0, 0.05) is 7.11 Å². The number of hydrogen-bond acceptors (Lipinski definition) is 5. The third-order valence-corrected chi connectivity index (χ3v) is 3.47. The number of benzene rings is 2. The molecule has 0 aromatic heterocycles. The van der Waals surface area contributed by atoms with Crippen molar-refractivity contribution in [1.82, 2.24) is 5.06 Å². The topological polar surface area (TPSA) is 72.9 Å². The number of carbonyl (C=O) groups is 3. The minimum Gasteiger partial charge on any atom is -0.380 e. The zero-order valence-electron chi connectivity index (χ0n) is 12.3. The fourth-order valence-corrected chi connectivity index (χ4v) is 2.38. The first-order valence-electron chi connectivity index (χ1n) is 6.90. The molecule has 0 saturated carbocycles. The molecule has 6 heteroatoms. The van der Waals surface area contributed by atoms with E-state index in [9.17, 15) is 14.4 Å². The number of hydroxylamine groups is 2. The number of fused-ring (bicyclic) bond motifs is 1. The molecule has 2 aromatic rings. The molecule has 0 bridgehead atoms. The van der Waals surface area contributed by atoms with Crippen molar-refractivity contribution in [2.75, 3.05) is 7.11 Å². The first-order chi connectivity index (χ1) is 11.1. The van der Waals surface area contributed by atoms with Crippen molar-refractivity contribution in [1.29, 1.82) is 0 Å². The van der Waals surface area contributed by atoms with Gasteiger partial charge in [0.1, 0.15) is 0 Å². The lowest BCUT2D eigenvalue weighted by atomic mass is 10.1. The smallest absolute Gasteiger partial charge is 0.364 e. The molecule has 0 atom stereocenters. The number of carbonyl (C=O) groups excluding carboxylic acids is 3. The Hall–Kier alpha value is -2.99. The quantitative estimate of drug-likeness (QED) is 0.809. The van der Waals surface area contributed by atoms with E-state index < -0.39 is 17.8 Å². The lowest BCUT2D eigenvalue weighted by Crippen LogP contribution is -2.33. The van der Waals surface area contributed by atoms with Crippen LogP contribution >= 0.6 is 0 Å². The molecule has 2 amide bonds. The van der Waals surface area contributed by atoms with E-state index >= 15 is 0 Å². The summed E-state index contributed by atoms with van der Waals surface area (Å²) in [6.45, 7) is 0.216. The van der Waals surface area contributed by atoms with Crippen molar-refractivity contribution < 1.29 is 24.0 Å². The Morgan fingerprint density at radius 3 is 2.13 bits per heavy atom. The summed E-state index contributed by atoms with van der Waals surface area (Å²) in [4.78, 5) is 41.7. The number of amides is 2. The maximum Gasteiger partial charge on any atom is 0.364 e. The fourth-order valence-electron chi connectivity index (χ4n) is 2.38. The second kappa shape index (κ2) is 6.02. The van der Waals surface area contributed by atoms with E-state index in [2.05, 4.69) is 0 Å². The van der Waals surface area contributed by atoms with Crippen LogP contribution in [0.4, 0.5) is 0 Å². The molecule has 0 unspecified atom stereocenters. The first kappa shape index (κ1) is 14.9. The van der Waals surface area contributed by atoms with Crippen LogP contribution in [-0.2, 0) is 16.2 Å². The summed E-state index contributed by atoms with van der Waals surface area (Å²) < 4.78 is 5.03. The Bertz CT molecular complexity index is 764. The minimum atomic E-state index is -0.785. The molecule has 0 N–H and O–H groups in total. The summed E-state index contributed by atoms with van der Waals surface area (Å²) in [7, 11) is 1.51. The van der Waals surface area contributed by atoms with Crippen molar-refractivity contribution in [2.45, 2.75) is 6.61 Å². The summed E-state index contributed by atoms with van der Waals surface area (Å²) in [5, 5.41) is 0.497. The molecule has 2 aromatic carbocycles. The highest BCUT2D eigenvalue weighted by Crippen LogP contribution is 2.23. The lowest BCUT2D eigenvalue weighted by molar-refractivity contribution is -0.0586. The Kier molecular flexibility index (Phi) is 3.91. The van der Waals surface area contributed by atoms with E-state index in [1.165, 1.54) is 19.2 Å². The molecule has 1 aliphatic heterocycles. The molecule has 3 rings (SSSR count). The zero-order chi connectivity index (χ0) is 16.4. The summed E-state index contributed by atoms with van der Waals surface area (Å²) >= 11 is 0. The number of imide groups is 1. The van der Waals surface area contributed by atoms with Gasteiger partial charge in [-0.3, -0.25) is 9.59 Å². The predicted molar refractivity (Wildman–Crippen MR) is 79.5 cm³/mol. The van der Waals surface area contributed by atoms with Gasteiger partial charge in [-0.15, -0.1) is 0 Å². The Labute approximate surface area is 132 Å². The Balaban J connectivity index is 1.85. The van der Waals surface area contributed by atoms with E-state index in [0.29, 0.717) is 10.6 Å². The fraction of sp³-hybridized carbons (Fsp3) is 0.118. The normalized spacial score (nSPS) is 13.2. The van der Waals surface area contributed by atoms with Gasteiger partial charge in [0.25, 0.3) is 11.8 Å². The van der Waals surface area contributed by atoms with Gasteiger partial charge in [0.05, 0.1) is 23.3 Å². The van der Waals surface area contributed by atoms with Gasteiger partial charge in [-0.1, -0.05) is 35.4 Å². The van der Waals surface area contributed by atoms with Gasteiger partial charge in [-0.2, -0.15) is 0 Å². The second-order valence-electron chi connectivity index (χ2n) is 4.92. The highest BCUT2D eigenvalue weighted by atomic mass is 16.7. The molecular formula is C17H13NO5. The van der Waals surface area contributed by atoms with Gasteiger partial charge >= 0.3 is 5.97 Å². The van der Waals surface area contributed by atoms with Crippen LogP contribution in [0, 0.1) is 0 Å². The molecule has 0 radical (unpaired) electrons. The molecule has 0 fully saturated rings. The summed E-state index contributed by atoms with van der Waals surface area (Å²) in [6, 6.07) is 13.0. The van der Waals surface area contributed by atoms with E-state index in [4.69, 9.17) is 9.57 Å². The van der Waals surface area contributed by atoms with Crippen LogP contribution in [0.2, 0.25) is 0 Å². The summed E-state index contributed by atoms with van der Waals surface area (Å²) in [5.41, 5.74) is 1.29. The number of nitrogens with zero attached hydrogens (tertiary/aromatic N) is 1. The van der Waals surface area contributed by atoms with Crippen LogP contribution < -0.4 is 0 Å². The van der Waals surface area contributed by atoms with E-state index in [0.717, 1.165) is 0 Å². The van der Waals surface area contributed by atoms with Crippen molar-refractivity contribution >= 4 is 17.8 Å². The van der Waals surface area contributed by atoms with E-state index in [1.807, 2.05) is 0 Å². The predicted octanol–water partition coefficient (Wildman–Crippen LogP) is 2.20. The van der Waals surface area contributed by atoms with Crippen molar-refractivity contribution in [3.63, 3.8) is 0 Å². The van der Waals surface area contributed by atoms with E-state index in [1.54, 1.807) is 36.4 Å². The van der Waals surface area contributed by atoms with Gasteiger partial charge in [0.15, 0.2) is 0 Å². The van der Waals surface area contributed by atoms with Gasteiger partial charge in [-0.05, 0) is 23.8 Å². The van der Waals surface area contributed by atoms with Crippen LogP contribution in [0.25, 0.3) is 0 Å². The van der Waals surface area contributed by atoms with Gasteiger partial charge in [0.2, 0.25) is 0 Å². The molecule has 6 nitrogen and oxygen atoms in total. The van der Waals surface area contributed by atoms with Crippen LogP contribution in [0.15, 0.2) is 48.5 Å². The molecule has 1 aliphatic rings. The molecule has 0 aliphatic carbocycles. The average Bonchev–Trinajstić information content (AvgIpc) is 2.81. The number of methoxy groups -OCH3 is 1. The monoisotopic (exact) mass is 311 g/mol. The summed E-state index contributed by atoms with van der Waals surface area (Å²) in [6.07, 6.45) is 0. The highest BCUT2D eigenvalue weighted by Gasteiger charge is 2.38. The second-order valence-corrected chi connectivity index (χ2v) is 4.92. The largest absolute Gasteiger partial charge is 0.380 e. The molecule has 23 heavy (non-hydrogen) atoms. The number of rotatable bonds is 4. The van der Waals surface area contributed by atoms with Gasteiger partial charge < -0.3 is 9.57 Å². The van der Waals surface area contributed by atoms with Crippen LogP contribution in [0.3, 0.4) is 0 Å². The SMILES string of the molecule is COCc1ccccc1C(=O)ON1C(=O)c2ccccc2C1=O. The molecule has 0 saturated heterocycles. The maximum atomic E-state index is 12.3. The van der Waals surface area contributed by atoms with E-state index in [-0.39, 0.29) is 23.3 Å². The van der Waals surface area contributed by atoms with Crippen LogP contribution in [0.5, 0.6) is 0 Å².